The second-order valence-electron chi connectivity index (χ2n) is 6.35. The van der Waals surface area contributed by atoms with E-state index in [2.05, 4.69) is 15.4 Å². The number of carbonyl (C=O) groups excluding carboxylic acids is 1. The fourth-order valence-corrected chi connectivity index (χ4v) is 2.81. The van der Waals surface area contributed by atoms with Crippen molar-refractivity contribution >= 4 is 28.7 Å². The monoisotopic (exact) mass is 395 g/mol. The number of carboxylic acids is 1. The van der Waals surface area contributed by atoms with Gasteiger partial charge in [0.1, 0.15) is 6.54 Å². The minimum atomic E-state index is -4.62. The number of anilines is 1. The van der Waals surface area contributed by atoms with E-state index in [0.717, 1.165) is 9.25 Å². The molecule has 28 heavy (non-hydrogen) atoms. The van der Waals surface area contributed by atoms with Crippen LogP contribution in [0, 0.1) is 0 Å². The molecule has 8 nitrogen and oxygen atoms in total. The number of nitrogens with zero attached hydrogens (tertiary/aromatic N) is 4. The third kappa shape index (κ3) is 3.82. The van der Waals surface area contributed by atoms with Crippen LogP contribution in [-0.4, -0.2) is 36.3 Å². The molecule has 0 aliphatic rings. The molecule has 0 saturated carbocycles. The lowest BCUT2D eigenvalue weighted by molar-refractivity contribution is -0.147. The highest BCUT2D eigenvalue weighted by atomic mass is 19.4. The summed E-state index contributed by atoms with van der Waals surface area (Å²) in [4.78, 5) is 26.7. The van der Waals surface area contributed by atoms with Gasteiger partial charge in [-0.2, -0.15) is 18.3 Å². The fourth-order valence-electron chi connectivity index (χ4n) is 2.81. The van der Waals surface area contributed by atoms with E-state index in [-0.39, 0.29) is 29.0 Å². The summed E-state index contributed by atoms with van der Waals surface area (Å²) in [6, 6.07) is 5.02. The molecule has 0 radical (unpaired) electrons. The number of halogens is 3. The molecule has 0 fully saturated rings. The van der Waals surface area contributed by atoms with Gasteiger partial charge in [0.15, 0.2) is 5.82 Å². The minimum absolute atomic E-state index is 0.0464. The van der Waals surface area contributed by atoms with E-state index in [1.54, 1.807) is 13.8 Å². The molecule has 1 amide bonds. The van der Waals surface area contributed by atoms with E-state index < -0.39 is 29.9 Å². The zero-order valence-corrected chi connectivity index (χ0v) is 14.9. The van der Waals surface area contributed by atoms with Crippen molar-refractivity contribution in [1.29, 1.82) is 0 Å². The SMILES string of the molecule is CC(C)n1c(C(F)(F)F)nc2cc(C(=O)Nc3ccn(CC(=O)O)n3)ccc21. The number of aromatic nitrogens is 4. The van der Waals surface area contributed by atoms with Crippen molar-refractivity contribution in [3.8, 4) is 0 Å². The van der Waals surface area contributed by atoms with Crippen molar-refractivity contribution in [2.45, 2.75) is 32.6 Å². The van der Waals surface area contributed by atoms with E-state index in [0.29, 0.717) is 0 Å². The molecule has 2 heterocycles. The predicted octanol–water partition coefficient (Wildman–Crippen LogP) is 3.17. The Bertz CT molecular complexity index is 1050. The number of alkyl halides is 3. The predicted molar refractivity (Wildman–Crippen MR) is 92.9 cm³/mol. The van der Waals surface area contributed by atoms with Crippen LogP contribution in [0.3, 0.4) is 0 Å². The average molecular weight is 395 g/mol. The lowest BCUT2D eigenvalue weighted by Crippen LogP contribution is -2.16. The Morgan fingerprint density at radius 3 is 2.57 bits per heavy atom. The molecule has 0 atom stereocenters. The number of fused-ring (bicyclic) bond motifs is 1. The standard InChI is InChI=1S/C17H16F3N5O3/c1-9(2)25-12-4-3-10(7-11(12)21-16(25)17(18,19)20)15(28)22-13-5-6-24(23-13)8-14(26)27/h3-7,9H,8H2,1-2H3,(H,26,27)(H,22,23,28). The number of carboxylic acid groups (broad SMARTS) is 1. The first-order valence-corrected chi connectivity index (χ1v) is 8.22. The molecule has 0 bridgehead atoms. The Hall–Kier alpha value is -3.37. The Balaban J connectivity index is 1.90. The number of carbonyl (C=O) groups is 2. The van der Waals surface area contributed by atoms with Gasteiger partial charge in [-0.1, -0.05) is 0 Å². The third-order valence-electron chi connectivity index (χ3n) is 3.90. The average Bonchev–Trinajstić information content (AvgIpc) is 3.17. The van der Waals surface area contributed by atoms with Gasteiger partial charge in [-0.25, -0.2) is 4.98 Å². The van der Waals surface area contributed by atoms with Gasteiger partial charge in [0.2, 0.25) is 5.82 Å². The van der Waals surface area contributed by atoms with Crippen molar-refractivity contribution in [2.75, 3.05) is 5.32 Å². The molecule has 148 valence electrons. The first-order valence-electron chi connectivity index (χ1n) is 8.22. The van der Waals surface area contributed by atoms with Crippen molar-refractivity contribution in [2.24, 2.45) is 0 Å². The number of rotatable bonds is 5. The number of benzene rings is 1. The summed E-state index contributed by atoms with van der Waals surface area (Å²) in [6.07, 6.45) is -3.24. The maximum absolute atomic E-state index is 13.3. The van der Waals surface area contributed by atoms with E-state index in [4.69, 9.17) is 5.11 Å². The van der Waals surface area contributed by atoms with Crippen LogP contribution in [0.25, 0.3) is 11.0 Å². The molecule has 3 rings (SSSR count). The largest absolute Gasteiger partial charge is 0.480 e. The summed E-state index contributed by atoms with van der Waals surface area (Å²) < 4.78 is 42.0. The molecular weight excluding hydrogens is 379 g/mol. The molecule has 0 aliphatic carbocycles. The first kappa shape index (κ1) is 19.4. The molecule has 3 aromatic rings. The van der Waals surface area contributed by atoms with Gasteiger partial charge < -0.3 is 15.0 Å². The first-order chi connectivity index (χ1) is 13.1. The molecule has 11 heteroatoms. The van der Waals surface area contributed by atoms with Gasteiger partial charge in [-0.15, -0.1) is 0 Å². The van der Waals surface area contributed by atoms with Crippen LogP contribution in [0.2, 0.25) is 0 Å². The normalized spacial score (nSPS) is 11.9. The van der Waals surface area contributed by atoms with Gasteiger partial charge >= 0.3 is 12.1 Å². The number of nitrogens with one attached hydrogen (secondary N) is 1. The van der Waals surface area contributed by atoms with Crippen molar-refractivity contribution in [1.82, 2.24) is 19.3 Å². The van der Waals surface area contributed by atoms with Gasteiger partial charge in [0.05, 0.1) is 11.0 Å². The maximum atomic E-state index is 13.3. The number of hydrogen-bond acceptors (Lipinski definition) is 4. The molecule has 0 saturated heterocycles. The van der Waals surface area contributed by atoms with Crippen LogP contribution < -0.4 is 5.32 Å². The van der Waals surface area contributed by atoms with Gasteiger partial charge in [0, 0.05) is 23.9 Å². The molecule has 2 N–H and O–H groups in total. The Morgan fingerprint density at radius 2 is 1.96 bits per heavy atom. The third-order valence-corrected chi connectivity index (χ3v) is 3.90. The van der Waals surface area contributed by atoms with E-state index in [1.807, 2.05) is 0 Å². The molecule has 0 unspecified atom stereocenters. The highest BCUT2D eigenvalue weighted by Crippen LogP contribution is 2.34. The second kappa shape index (κ2) is 6.98. The van der Waals surface area contributed by atoms with Crippen LogP contribution in [-0.2, 0) is 17.5 Å². The van der Waals surface area contributed by atoms with Crippen LogP contribution >= 0.6 is 0 Å². The molecule has 2 aromatic heterocycles. The molecule has 1 aromatic carbocycles. The summed E-state index contributed by atoms with van der Waals surface area (Å²) in [5, 5.41) is 15.1. The van der Waals surface area contributed by atoms with Crippen LogP contribution in [0.15, 0.2) is 30.5 Å². The number of amides is 1. The van der Waals surface area contributed by atoms with Gasteiger partial charge in [-0.3, -0.25) is 14.3 Å². The van der Waals surface area contributed by atoms with Crippen LogP contribution in [0.4, 0.5) is 19.0 Å². The fraction of sp³-hybridized carbons (Fsp3) is 0.294. The second-order valence-corrected chi connectivity index (χ2v) is 6.35. The maximum Gasteiger partial charge on any atom is 0.449 e. The van der Waals surface area contributed by atoms with E-state index in [9.17, 15) is 22.8 Å². The lowest BCUT2D eigenvalue weighted by Gasteiger charge is -2.14. The Kier molecular flexibility index (Phi) is 4.84. The molecule has 0 aliphatic heterocycles. The summed E-state index contributed by atoms with van der Waals surface area (Å²) in [5.41, 5.74) is 0.414. The summed E-state index contributed by atoms with van der Waals surface area (Å²) in [6.45, 7) is 2.86. The van der Waals surface area contributed by atoms with E-state index >= 15 is 0 Å². The zero-order valence-electron chi connectivity index (χ0n) is 14.9. The van der Waals surface area contributed by atoms with Gasteiger partial charge in [-0.05, 0) is 32.0 Å². The smallest absolute Gasteiger partial charge is 0.449 e. The van der Waals surface area contributed by atoms with Gasteiger partial charge in [0.25, 0.3) is 5.91 Å². The quantitative estimate of drug-likeness (QED) is 0.691. The number of hydrogen-bond donors (Lipinski definition) is 2. The van der Waals surface area contributed by atoms with Crippen molar-refractivity contribution < 1.29 is 27.9 Å². The van der Waals surface area contributed by atoms with Crippen molar-refractivity contribution in [3.63, 3.8) is 0 Å². The Morgan fingerprint density at radius 1 is 1.25 bits per heavy atom. The molecule has 0 spiro atoms. The Labute approximate surface area is 156 Å². The number of aliphatic carboxylic acids is 1. The summed E-state index contributed by atoms with van der Waals surface area (Å²) >= 11 is 0. The summed E-state index contributed by atoms with van der Waals surface area (Å²) in [5.74, 6) is -2.60. The lowest BCUT2D eigenvalue weighted by atomic mass is 10.2. The number of imidazole rings is 1. The topological polar surface area (TPSA) is 102 Å². The zero-order chi connectivity index (χ0) is 20.6. The molecular formula is C17H16F3N5O3. The highest BCUT2D eigenvalue weighted by Gasteiger charge is 2.38. The highest BCUT2D eigenvalue weighted by molar-refractivity contribution is 6.05. The van der Waals surface area contributed by atoms with Crippen LogP contribution in [0.1, 0.15) is 36.1 Å². The summed E-state index contributed by atoms with van der Waals surface area (Å²) in [7, 11) is 0. The minimum Gasteiger partial charge on any atom is -0.480 e. The van der Waals surface area contributed by atoms with Crippen LogP contribution in [0.5, 0.6) is 0 Å². The van der Waals surface area contributed by atoms with E-state index in [1.165, 1.54) is 30.5 Å². The van der Waals surface area contributed by atoms with Crippen molar-refractivity contribution in [3.05, 3.63) is 41.9 Å².